The third-order valence-corrected chi connectivity index (χ3v) is 3.08. The van der Waals surface area contributed by atoms with E-state index in [0.717, 1.165) is 5.56 Å². The number of pyridine rings is 1. The van der Waals surface area contributed by atoms with E-state index in [0.29, 0.717) is 17.7 Å². The van der Waals surface area contributed by atoms with Gasteiger partial charge < -0.3 is 10.6 Å². The summed E-state index contributed by atoms with van der Waals surface area (Å²) in [4.78, 5) is 17.7. The first kappa shape index (κ1) is 14.8. The fourth-order valence-corrected chi connectivity index (χ4v) is 2.16. The average Bonchev–Trinajstić information content (AvgIpc) is 2.45. The third kappa shape index (κ3) is 3.71. The minimum atomic E-state index is -0.214. The van der Waals surface area contributed by atoms with E-state index in [4.69, 9.17) is 22.6 Å². The summed E-state index contributed by atoms with van der Waals surface area (Å²) in [6.45, 7) is 0.383. The molecule has 2 aromatic rings. The zero-order chi connectivity index (χ0) is 15.4. The zero-order valence-electron chi connectivity index (χ0n) is 11.4. The lowest BCUT2D eigenvalue weighted by Crippen LogP contribution is -2.26. The van der Waals surface area contributed by atoms with E-state index in [9.17, 15) is 4.79 Å². The molecule has 0 aliphatic rings. The Hall–Kier alpha value is -2.58. The number of benzene rings is 1. The molecule has 1 amide bonds. The van der Waals surface area contributed by atoms with Crippen molar-refractivity contribution >= 4 is 23.3 Å². The zero-order valence-corrected chi connectivity index (χ0v) is 12.1. The average molecular weight is 301 g/mol. The Bertz CT molecular complexity index is 704. The molecule has 0 saturated carbocycles. The fraction of sp³-hybridized carbons (Fsp3) is 0.133. The van der Waals surface area contributed by atoms with Crippen molar-refractivity contribution in [3.63, 3.8) is 0 Å². The second-order valence-corrected chi connectivity index (χ2v) is 4.96. The first-order valence-corrected chi connectivity index (χ1v) is 6.55. The largest absolute Gasteiger partial charge is 0.384 e. The van der Waals surface area contributed by atoms with Crippen molar-refractivity contribution in [3.8, 4) is 6.07 Å². The number of nitriles is 1. The van der Waals surface area contributed by atoms with Crippen LogP contribution in [0.25, 0.3) is 0 Å². The molecule has 0 radical (unpaired) electrons. The fourth-order valence-electron chi connectivity index (χ4n) is 1.95. The summed E-state index contributed by atoms with van der Waals surface area (Å²) < 4.78 is 0. The van der Waals surface area contributed by atoms with Crippen LogP contribution in [0.3, 0.4) is 0 Å². The summed E-state index contributed by atoms with van der Waals surface area (Å²) in [6.07, 6.45) is 0. The van der Waals surface area contributed by atoms with Crippen LogP contribution in [0.5, 0.6) is 0 Å². The number of aromatic nitrogens is 1. The van der Waals surface area contributed by atoms with Crippen LogP contribution in [0, 0.1) is 11.3 Å². The number of rotatable bonds is 3. The third-order valence-electron chi connectivity index (χ3n) is 2.88. The highest BCUT2D eigenvalue weighted by molar-refractivity contribution is 6.29. The van der Waals surface area contributed by atoms with Gasteiger partial charge in [-0.05, 0) is 29.8 Å². The summed E-state index contributed by atoms with van der Waals surface area (Å²) in [5.74, 6) is -0.0147. The van der Waals surface area contributed by atoms with E-state index in [1.54, 1.807) is 25.2 Å². The van der Waals surface area contributed by atoms with Crippen molar-refractivity contribution in [1.29, 1.82) is 5.26 Å². The smallest absolute Gasteiger partial charge is 0.254 e. The number of carbonyl (C=O) groups is 1. The molecule has 6 heteroatoms. The highest BCUT2D eigenvalue weighted by Gasteiger charge is 2.14. The van der Waals surface area contributed by atoms with Crippen LogP contribution < -0.4 is 5.73 Å². The lowest BCUT2D eigenvalue weighted by molar-refractivity contribution is 0.0785. The van der Waals surface area contributed by atoms with Crippen molar-refractivity contribution in [2.24, 2.45) is 0 Å². The van der Waals surface area contributed by atoms with Gasteiger partial charge in [-0.1, -0.05) is 23.7 Å². The molecule has 21 heavy (non-hydrogen) atoms. The standard InChI is InChI=1S/C15H13ClN4O/c1-20(9-11-4-2-3-10(5-11)8-17)15(21)12-6-13(16)19-14(18)7-12/h2-7H,9H2,1H3,(H2,18,19). The van der Waals surface area contributed by atoms with E-state index >= 15 is 0 Å². The lowest BCUT2D eigenvalue weighted by atomic mass is 10.1. The van der Waals surface area contributed by atoms with E-state index < -0.39 is 0 Å². The van der Waals surface area contributed by atoms with Gasteiger partial charge in [-0.3, -0.25) is 4.79 Å². The van der Waals surface area contributed by atoms with Crippen molar-refractivity contribution in [2.75, 3.05) is 12.8 Å². The SMILES string of the molecule is CN(Cc1cccc(C#N)c1)C(=O)c1cc(N)nc(Cl)c1. The van der Waals surface area contributed by atoms with Crippen LogP contribution in [0.1, 0.15) is 21.5 Å². The Labute approximate surface area is 127 Å². The number of anilines is 1. The van der Waals surface area contributed by atoms with Crippen LogP contribution in [-0.4, -0.2) is 22.8 Å². The number of hydrogen-bond donors (Lipinski definition) is 1. The number of nitrogens with two attached hydrogens (primary N) is 1. The Morgan fingerprint density at radius 1 is 1.43 bits per heavy atom. The molecule has 0 spiro atoms. The summed E-state index contributed by atoms with van der Waals surface area (Å²) in [7, 11) is 1.67. The molecule has 1 heterocycles. The Morgan fingerprint density at radius 2 is 2.19 bits per heavy atom. The van der Waals surface area contributed by atoms with Crippen molar-refractivity contribution in [3.05, 3.63) is 58.2 Å². The predicted molar refractivity (Wildman–Crippen MR) is 80.6 cm³/mol. The summed E-state index contributed by atoms with van der Waals surface area (Å²) in [5.41, 5.74) is 7.40. The maximum absolute atomic E-state index is 12.3. The Kier molecular flexibility index (Phi) is 4.41. The molecule has 5 nitrogen and oxygen atoms in total. The first-order valence-electron chi connectivity index (χ1n) is 6.17. The minimum Gasteiger partial charge on any atom is -0.384 e. The van der Waals surface area contributed by atoms with Crippen LogP contribution in [0.2, 0.25) is 5.15 Å². The quantitative estimate of drug-likeness (QED) is 0.883. The maximum atomic E-state index is 12.3. The summed E-state index contributed by atoms with van der Waals surface area (Å²) >= 11 is 5.80. The number of hydrogen-bond acceptors (Lipinski definition) is 4. The van der Waals surface area contributed by atoms with Gasteiger partial charge in [-0.15, -0.1) is 0 Å². The minimum absolute atomic E-state index is 0.179. The summed E-state index contributed by atoms with van der Waals surface area (Å²) in [5, 5.41) is 9.06. The van der Waals surface area contributed by atoms with Gasteiger partial charge >= 0.3 is 0 Å². The number of amides is 1. The molecule has 106 valence electrons. The second kappa shape index (κ2) is 6.25. The molecule has 0 bridgehead atoms. The predicted octanol–water partition coefficient (Wildman–Crippen LogP) is 2.46. The van der Waals surface area contributed by atoms with Crippen molar-refractivity contribution < 1.29 is 4.79 Å². The normalized spacial score (nSPS) is 9.95. The van der Waals surface area contributed by atoms with E-state index in [1.165, 1.54) is 17.0 Å². The number of halogens is 1. The molecule has 1 aromatic carbocycles. The molecular weight excluding hydrogens is 288 g/mol. The highest BCUT2D eigenvalue weighted by Crippen LogP contribution is 2.15. The molecule has 2 N–H and O–H groups in total. The van der Waals surface area contributed by atoms with Gasteiger partial charge in [0.1, 0.15) is 11.0 Å². The highest BCUT2D eigenvalue weighted by atomic mass is 35.5. The van der Waals surface area contributed by atoms with Gasteiger partial charge in [-0.25, -0.2) is 4.98 Å². The molecule has 0 aliphatic heterocycles. The molecular formula is C15H13ClN4O. The topological polar surface area (TPSA) is 83.0 Å². The maximum Gasteiger partial charge on any atom is 0.254 e. The van der Waals surface area contributed by atoms with Crippen LogP contribution >= 0.6 is 11.6 Å². The van der Waals surface area contributed by atoms with Crippen LogP contribution in [0.15, 0.2) is 36.4 Å². The monoisotopic (exact) mass is 300 g/mol. The number of carbonyl (C=O) groups excluding carboxylic acids is 1. The molecule has 0 unspecified atom stereocenters. The van der Waals surface area contributed by atoms with Gasteiger partial charge in [0, 0.05) is 19.2 Å². The van der Waals surface area contributed by atoms with Gasteiger partial charge in [-0.2, -0.15) is 5.26 Å². The van der Waals surface area contributed by atoms with Gasteiger partial charge in [0.25, 0.3) is 5.91 Å². The van der Waals surface area contributed by atoms with E-state index in [1.807, 2.05) is 6.07 Å². The van der Waals surface area contributed by atoms with Gasteiger partial charge in [0.15, 0.2) is 0 Å². The molecule has 2 rings (SSSR count). The molecule has 0 saturated heterocycles. The summed E-state index contributed by atoms with van der Waals surface area (Å²) in [6, 6.07) is 12.1. The molecule has 1 aromatic heterocycles. The number of nitrogen functional groups attached to an aromatic ring is 1. The van der Waals surface area contributed by atoms with Crippen LogP contribution in [0.4, 0.5) is 5.82 Å². The van der Waals surface area contributed by atoms with Gasteiger partial charge in [0.2, 0.25) is 0 Å². The van der Waals surface area contributed by atoms with E-state index in [2.05, 4.69) is 11.1 Å². The van der Waals surface area contributed by atoms with E-state index in [-0.39, 0.29) is 16.9 Å². The Balaban J connectivity index is 2.17. The lowest BCUT2D eigenvalue weighted by Gasteiger charge is -2.17. The molecule has 0 atom stereocenters. The Morgan fingerprint density at radius 3 is 2.86 bits per heavy atom. The van der Waals surface area contributed by atoms with Gasteiger partial charge in [0.05, 0.1) is 11.6 Å². The van der Waals surface area contributed by atoms with Crippen molar-refractivity contribution in [1.82, 2.24) is 9.88 Å². The molecule has 0 aliphatic carbocycles. The second-order valence-electron chi connectivity index (χ2n) is 4.58. The first-order chi connectivity index (χ1) is 9.99. The van der Waals surface area contributed by atoms with Crippen LogP contribution in [-0.2, 0) is 6.54 Å². The molecule has 0 fully saturated rings. The van der Waals surface area contributed by atoms with Crippen molar-refractivity contribution in [2.45, 2.75) is 6.54 Å². The number of nitrogens with zero attached hydrogens (tertiary/aromatic N) is 3.